The molecule has 1 aromatic heterocycles. The van der Waals surface area contributed by atoms with Crippen LogP contribution in [0.15, 0.2) is 83.8 Å². The van der Waals surface area contributed by atoms with Crippen molar-refractivity contribution in [1.29, 1.82) is 0 Å². The van der Waals surface area contributed by atoms with E-state index in [9.17, 15) is 8.78 Å². The van der Waals surface area contributed by atoms with Crippen molar-refractivity contribution < 1.29 is 31.1 Å². The molecular weight excluding hydrogens is 554 g/mol. The summed E-state index contributed by atoms with van der Waals surface area (Å²) in [6.07, 6.45) is 2.16. The van der Waals surface area contributed by atoms with Crippen LogP contribution in [0.4, 0.5) is 26.3 Å². The lowest BCUT2D eigenvalue weighted by Gasteiger charge is -2.26. The molecule has 0 radical (unpaired) electrons. The first-order valence-electron chi connectivity index (χ1n) is 12.3. The summed E-state index contributed by atoms with van der Waals surface area (Å²) in [4.78, 5) is 1.32. The standard InChI is InChI=1S/C30H24F6OS2/c1-4-14-37-21-12-10-20(11-13-21)25-16-23(18(3)39-25)27-26(28(31,32)30(35,36)29(27,33)34)22-15-24(38-17(22)2)19-8-6-5-7-9-19/h5-13,15-16,22H,2,4,14H2,1,3H3. The Hall–Kier alpha value is -2.91. The molecule has 0 spiro atoms. The molecule has 204 valence electrons. The number of hydrogen-bond donors (Lipinski definition) is 0. The van der Waals surface area contributed by atoms with Crippen molar-refractivity contribution >= 4 is 33.6 Å². The van der Waals surface area contributed by atoms with Crippen LogP contribution in [-0.2, 0) is 0 Å². The summed E-state index contributed by atoms with van der Waals surface area (Å²) in [5.74, 6) is -16.7. The van der Waals surface area contributed by atoms with Crippen LogP contribution in [0.25, 0.3) is 20.9 Å². The number of ether oxygens (including phenoxy) is 1. The van der Waals surface area contributed by atoms with Gasteiger partial charge in [0, 0.05) is 31.7 Å². The van der Waals surface area contributed by atoms with Gasteiger partial charge in [0.1, 0.15) is 5.75 Å². The smallest absolute Gasteiger partial charge is 0.380 e. The van der Waals surface area contributed by atoms with Gasteiger partial charge in [-0.05, 0) is 65.3 Å². The highest BCUT2D eigenvalue weighted by atomic mass is 32.2. The minimum Gasteiger partial charge on any atom is -0.494 e. The van der Waals surface area contributed by atoms with Crippen molar-refractivity contribution in [2.75, 3.05) is 6.61 Å². The minimum atomic E-state index is -5.61. The number of aryl methyl sites for hydroxylation is 1. The maximum atomic E-state index is 15.4. The second-order valence-electron chi connectivity index (χ2n) is 9.41. The Balaban J connectivity index is 1.65. The summed E-state index contributed by atoms with van der Waals surface area (Å²) in [5.41, 5.74) is -1.63. The maximum Gasteiger partial charge on any atom is 0.380 e. The maximum absolute atomic E-state index is 15.4. The summed E-state index contributed by atoms with van der Waals surface area (Å²) in [6.45, 7) is 7.77. The van der Waals surface area contributed by atoms with E-state index in [0.29, 0.717) is 33.3 Å². The highest BCUT2D eigenvalue weighted by molar-refractivity contribution is 8.12. The number of rotatable bonds is 7. The van der Waals surface area contributed by atoms with E-state index in [1.165, 1.54) is 19.1 Å². The van der Waals surface area contributed by atoms with E-state index < -0.39 is 34.8 Å². The van der Waals surface area contributed by atoms with E-state index in [2.05, 4.69) is 6.58 Å². The van der Waals surface area contributed by atoms with Crippen molar-refractivity contribution in [3.63, 3.8) is 0 Å². The SMILES string of the molecule is C=C1SC(c2ccccc2)=CC1C1=C(c2cc(-c3ccc(OCCC)cc3)sc2C)C(F)(F)C(F)(F)C1(F)F. The Labute approximate surface area is 230 Å². The molecule has 1 unspecified atom stereocenters. The molecule has 1 nitrogen and oxygen atoms in total. The van der Waals surface area contributed by atoms with Gasteiger partial charge in [0.05, 0.1) is 6.61 Å². The molecule has 2 heterocycles. The monoisotopic (exact) mass is 578 g/mol. The van der Waals surface area contributed by atoms with E-state index in [-0.39, 0.29) is 15.3 Å². The number of thioether (sulfide) groups is 1. The van der Waals surface area contributed by atoms with Gasteiger partial charge in [-0.25, -0.2) is 0 Å². The Morgan fingerprint density at radius 3 is 2.21 bits per heavy atom. The zero-order chi connectivity index (χ0) is 28.2. The number of alkyl halides is 6. The first-order chi connectivity index (χ1) is 18.4. The van der Waals surface area contributed by atoms with Crippen LogP contribution < -0.4 is 4.74 Å². The van der Waals surface area contributed by atoms with Gasteiger partial charge in [-0.1, -0.05) is 61.7 Å². The Morgan fingerprint density at radius 2 is 1.56 bits per heavy atom. The first-order valence-corrected chi connectivity index (χ1v) is 13.9. The van der Waals surface area contributed by atoms with Crippen molar-refractivity contribution in [2.45, 2.75) is 38.0 Å². The lowest BCUT2D eigenvalue weighted by molar-refractivity contribution is -0.260. The van der Waals surface area contributed by atoms with Gasteiger partial charge in [-0.3, -0.25) is 0 Å². The van der Waals surface area contributed by atoms with Crippen LogP contribution in [0, 0.1) is 12.8 Å². The fraction of sp³-hybridized carbons (Fsp3) is 0.267. The van der Waals surface area contributed by atoms with Crippen molar-refractivity contribution in [2.24, 2.45) is 5.92 Å². The molecule has 39 heavy (non-hydrogen) atoms. The molecule has 1 aliphatic heterocycles. The van der Waals surface area contributed by atoms with Gasteiger partial charge in [0.15, 0.2) is 0 Å². The molecule has 9 heteroatoms. The summed E-state index contributed by atoms with van der Waals surface area (Å²) in [7, 11) is 0. The molecule has 0 fully saturated rings. The van der Waals surface area contributed by atoms with Crippen LogP contribution in [-0.4, -0.2) is 24.4 Å². The summed E-state index contributed by atoms with van der Waals surface area (Å²) in [6, 6.07) is 16.9. The van der Waals surface area contributed by atoms with Crippen molar-refractivity contribution in [3.05, 3.63) is 99.8 Å². The van der Waals surface area contributed by atoms with Gasteiger partial charge in [0.2, 0.25) is 0 Å². The number of halogens is 6. The number of thiophene rings is 1. The number of allylic oxidation sites excluding steroid dienone is 4. The fourth-order valence-electron chi connectivity index (χ4n) is 4.81. The first kappa shape index (κ1) is 27.6. The normalized spacial score (nSPS) is 21.4. The van der Waals surface area contributed by atoms with E-state index in [1.807, 2.05) is 6.92 Å². The zero-order valence-electron chi connectivity index (χ0n) is 21.0. The third-order valence-electron chi connectivity index (χ3n) is 6.78. The van der Waals surface area contributed by atoms with E-state index in [4.69, 9.17) is 4.74 Å². The molecule has 0 saturated heterocycles. The Bertz CT molecular complexity index is 1470. The van der Waals surface area contributed by atoms with E-state index in [0.717, 1.165) is 29.5 Å². The molecule has 1 aliphatic carbocycles. The highest BCUT2D eigenvalue weighted by Gasteiger charge is 2.81. The quantitative estimate of drug-likeness (QED) is 0.258. The third-order valence-corrected chi connectivity index (χ3v) is 8.99. The molecule has 1 atom stereocenters. The molecule has 5 rings (SSSR count). The summed E-state index contributed by atoms with van der Waals surface area (Å²) >= 11 is 2.11. The predicted molar refractivity (Wildman–Crippen MR) is 147 cm³/mol. The highest BCUT2D eigenvalue weighted by Crippen LogP contribution is 2.66. The molecule has 0 amide bonds. The average molecular weight is 579 g/mol. The van der Waals surface area contributed by atoms with E-state index in [1.54, 1.807) is 54.6 Å². The average Bonchev–Trinajstić information content (AvgIpc) is 3.50. The number of benzene rings is 2. The van der Waals surface area contributed by atoms with Gasteiger partial charge < -0.3 is 4.74 Å². The van der Waals surface area contributed by atoms with Gasteiger partial charge >= 0.3 is 17.8 Å². The van der Waals surface area contributed by atoms with Gasteiger partial charge in [-0.15, -0.1) is 11.3 Å². The Kier molecular flexibility index (Phi) is 7.04. The van der Waals surface area contributed by atoms with Crippen molar-refractivity contribution in [3.8, 4) is 16.2 Å². The Morgan fingerprint density at radius 1 is 0.897 bits per heavy atom. The minimum absolute atomic E-state index is 0.0882. The van der Waals surface area contributed by atoms with Crippen LogP contribution in [0.1, 0.15) is 29.3 Å². The van der Waals surface area contributed by atoms with Gasteiger partial charge in [0.25, 0.3) is 0 Å². The summed E-state index contributed by atoms with van der Waals surface area (Å²) in [5, 5.41) is 0. The zero-order valence-corrected chi connectivity index (χ0v) is 22.7. The molecule has 0 bridgehead atoms. The molecule has 3 aromatic rings. The topological polar surface area (TPSA) is 9.23 Å². The third kappa shape index (κ3) is 4.43. The van der Waals surface area contributed by atoms with Crippen LogP contribution in [0.5, 0.6) is 5.75 Å². The van der Waals surface area contributed by atoms with Gasteiger partial charge in [-0.2, -0.15) is 26.3 Å². The van der Waals surface area contributed by atoms with Crippen LogP contribution in [0.2, 0.25) is 0 Å². The second kappa shape index (κ2) is 9.93. The number of hydrogen-bond acceptors (Lipinski definition) is 3. The summed E-state index contributed by atoms with van der Waals surface area (Å²) < 4.78 is 97.0. The van der Waals surface area contributed by atoms with E-state index >= 15 is 17.6 Å². The molecule has 0 N–H and O–H groups in total. The van der Waals surface area contributed by atoms with Crippen LogP contribution >= 0.6 is 23.1 Å². The largest absolute Gasteiger partial charge is 0.494 e. The molecule has 0 saturated carbocycles. The lowest BCUT2D eigenvalue weighted by Crippen LogP contribution is -2.49. The van der Waals surface area contributed by atoms with Crippen LogP contribution in [0.3, 0.4) is 0 Å². The van der Waals surface area contributed by atoms with Crippen molar-refractivity contribution in [1.82, 2.24) is 0 Å². The second-order valence-corrected chi connectivity index (χ2v) is 11.8. The predicted octanol–water partition coefficient (Wildman–Crippen LogP) is 10.1. The molecular formula is C30H24F6OS2. The lowest BCUT2D eigenvalue weighted by atomic mass is 9.89. The molecule has 2 aromatic carbocycles. The fourth-order valence-corrected chi connectivity index (χ4v) is 6.89. The molecule has 2 aliphatic rings.